The minimum Gasteiger partial charge on any atom is -0.494 e. The number of anilines is 1. The Balaban J connectivity index is 1.83. The van der Waals surface area contributed by atoms with Crippen LogP contribution in [0, 0.1) is 18.3 Å². The van der Waals surface area contributed by atoms with Crippen molar-refractivity contribution in [1.29, 1.82) is 5.26 Å². The fraction of sp³-hybridized carbons (Fsp3) is 0.125. The highest BCUT2D eigenvalue weighted by Gasteiger charge is 2.14. The second kappa shape index (κ2) is 9.46. The van der Waals surface area contributed by atoms with Crippen molar-refractivity contribution in [2.75, 3.05) is 11.9 Å². The lowest BCUT2D eigenvalue weighted by molar-refractivity contribution is -0.112. The number of aromatic carboxylic acids is 1. The smallest absolute Gasteiger partial charge is 0.335 e. The molecular formula is C24H20N2O5. The van der Waals surface area contributed by atoms with Crippen molar-refractivity contribution in [2.24, 2.45) is 0 Å². The summed E-state index contributed by atoms with van der Waals surface area (Å²) in [6.45, 7) is 4.19. The van der Waals surface area contributed by atoms with Gasteiger partial charge in [-0.25, -0.2) is 4.79 Å². The van der Waals surface area contributed by atoms with Crippen LogP contribution in [-0.4, -0.2) is 23.6 Å². The van der Waals surface area contributed by atoms with E-state index >= 15 is 0 Å². The summed E-state index contributed by atoms with van der Waals surface area (Å²) in [5, 5.41) is 21.3. The molecule has 0 atom stereocenters. The molecule has 2 aromatic carbocycles. The summed E-state index contributed by atoms with van der Waals surface area (Å²) >= 11 is 0. The number of nitrogens with one attached hydrogen (secondary N) is 1. The topological polar surface area (TPSA) is 113 Å². The summed E-state index contributed by atoms with van der Waals surface area (Å²) in [7, 11) is 0. The van der Waals surface area contributed by atoms with Crippen LogP contribution in [0.4, 0.5) is 5.69 Å². The fourth-order valence-electron chi connectivity index (χ4n) is 2.92. The molecule has 0 aliphatic rings. The molecule has 156 valence electrons. The van der Waals surface area contributed by atoms with Gasteiger partial charge in [0.1, 0.15) is 28.9 Å². The van der Waals surface area contributed by atoms with Crippen molar-refractivity contribution in [3.63, 3.8) is 0 Å². The van der Waals surface area contributed by atoms with Gasteiger partial charge in [-0.05, 0) is 55.8 Å². The lowest BCUT2D eigenvalue weighted by Gasteiger charge is -2.07. The van der Waals surface area contributed by atoms with Gasteiger partial charge in [-0.2, -0.15) is 5.26 Å². The third-order valence-corrected chi connectivity index (χ3v) is 4.43. The molecule has 3 aromatic rings. The molecule has 31 heavy (non-hydrogen) atoms. The lowest BCUT2D eigenvalue weighted by Crippen LogP contribution is -2.13. The molecule has 1 amide bonds. The third kappa shape index (κ3) is 5.19. The van der Waals surface area contributed by atoms with Gasteiger partial charge in [-0.1, -0.05) is 12.1 Å². The van der Waals surface area contributed by atoms with Crippen LogP contribution in [0.1, 0.15) is 28.6 Å². The average Bonchev–Trinajstić information content (AvgIpc) is 3.21. The number of rotatable bonds is 7. The number of nitrogens with zero attached hydrogens (tertiary/aromatic N) is 1. The maximum Gasteiger partial charge on any atom is 0.335 e. The molecule has 3 rings (SSSR count). The summed E-state index contributed by atoms with van der Waals surface area (Å²) in [6, 6.07) is 16.8. The first kappa shape index (κ1) is 21.4. The molecule has 0 fully saturated rings. The average molecular weight is 416 g/mol. The number of furan rings is 1. The zero-order valence-electron chi connectivity index (χ0n) is 17.0. The highest BCUT2D eigenvalue weighted by Crippen LogP contribution is 2.28. The third-order valence-electron chi connectivity index (χ3n) is 4.43. The number of nitriles is 1. The van der Waals surface area contributed by atoms with E-state index in [2.05, 4.69) is 5.32 Å². The molecule has 2 N–H and O–H groups in total. The van der Waals surface area contributed by atoms with Gasteiger partial charge < -0.3 is 19.6 Å². The Hall–Kier alpha value is -4.31. The van der Waals surface area contributed by atoms with Gasteiger partial charge in [0.15, 0.2) is 0 Å². The molecule has 0 radical (unpaired) electrons. The number of ether oxygens (including phenoxy) is 1. The van der Waals surface area contributed by atoms with E-state index in [4.69, 9.17) is 9.15 Å². The number of carboxylic acids is 1. The van der Waals surface area contributed by atoms with Crippen LogP contribution in [0.15, 0.2) is 64.6 Å². The Labute approximate surface area is 179 Å². The van der Waals surface area contributed by atoms with Gasteiger partial charge in [-0.3, -0.25) is 4.79 Å². The Morgan fingerprint density at radius 3 is 2.71 bits per heavy atom. The number of hydrogen-bond acceptors (Lipinski definition) is 5. The summed E-state index contributed by atoms with van der Waals surface area (Å²) in [5.41, 5.74) is 1.95. The van der Waals surface area contributed by atoms with Crippen LogP contribution < -0.4 is 10.1 Å². The number of aryl methyl sites for hydroxylation is 1. The zero-order valence-corrected chi connectivity index (χ0v) is 17.0. The number of carbonyl (C=O) groups is 2. The predicted octanol–water partition coefficient (Wildman–Crippen LogP) is 4.90. The van der Waals surface area contributed by atoms with E-state index in [-0.39, 0.29) is 11.1 Å². The minimum atomic E-state index is -1.04. The SMILES string of the molecule is CCOc1cccc(NC(=O)C(C#N)=Cc2ccc(-c3cc(C(=O)O)ccc3C)o2)c1. The van der Waals surface area contributed by atoms with E-state index in [1.165, 1.54) is 18.2 Å². The van der Waals surface area contributed by atoms with Crippen LogP contribution in [-0.2, 0) is 4.79 Å². The molecule has 1 aromatic heterocycles. The van der Waals surface area contributed by atoms with E-state index in [1.807, 2.05) is 19.9 Å². The number of benzene rings is 2. The zero-order chi connectivity index (χ0) is 22.4. The van der Waals surface area contributed by atoms with Crippen molar-refractivity contribution in [3.8, 4) is 23.1 Å². The molecule has 7 heteroatoms. The van der Waals surface area contributed by atoms with E-state index in [1.54, 1.807) is 42.5 Å². The monoisotopic (exact) mass is 416 g/mol. The Morgan fingerprint density at radius 2 is 2.00 bits per heavy atom. The highest BCUT2D eigenvalue weighted by atomic mass is 16.5. The van der Waals surface area contributed by atoms with E-state index < -0.39 is 11.9 Å². The summed E-state index contributed by atoms with van der Waals surface area (Å²) in [5.74, 6) is -0.279. The first-order chi connectivity index (χ1) is 14.9. The van der Waals surface area contributed by atoms with Crippen LogP contribution in [0.25, 0.3) is 17.4 Å². The van der Waals surface area contributed by atoms with Crippen molar-refractivity contribution < 1.29 is 23.8 Å². The summed E-state index contributed by atoms with van der Waals surface area (Å²) in [6.07, 6.45) is 1.33. The first-order valence-electron chi connectivity index (χ1n) is 9.51. The quantitative estimate of drug-likeness (QED) is 0.418. The van der Waals surface area contributed by atoms with Crippen molar-refractivity contribution in [2.45, 2.75) is 13.8 Å². The van der Waals surface area contributed by atoms with Crippen LogP contribution in [0.5, 0.6) is 5.75 Å². The van der Waals surface area contributed by atoms with Gasteiger partial charge in [0.05, 0.1) is 12.2 Å². The molecule has 0 spiro atoms. The normalized spacial score (nSPS) is 10.9. The second-order valence-electron chi connectivity index (χ2n) is 6.62. The van der Waals surface area contributed by atoms with Crippen molar-refractivity contribution >= 4 is 23.6 Å². The lowest BCUT2D eigenvalue weighted by atomic mass is 10.0. The summed E-state index contributed by atoms with van der Waals surface area (Å²) in [4.78, 5) is 23.8. The Morgan fingerprint density at radius 1 is 1.19 bits per heavy atom. The van der Waals surface area contributed by atoms with Crippen molar-refractivity contribution in [3.05, 3.63) is 77.1 Å². The van der Waals surface area contributed by atoms with Gasteiger partial charge in [0.2, 0.25) is 0 Å². The maximum absolute atomic E-state index is 12.5. The second-order valence-corrected chi connectivity index (χ2v) is 6.62. The number of amides is 1. The van der Waals surface area contributed by atoms with Gasteiger partial charge in [-0.15, -0.1) is 0 Å². The van der Waals surface area contributed by atoms with E-state index in [0.717, 1.165) is 5.56 Å². The molecule has 0 aliphatic heterocycles. The van der Waals surface area contributed by atoms with E-state index in [0.29, 0.717) is 35.1 Å². The Bertz CT molecular complexity index is 1200. The number of carbonyl (C=O) groups excluding carboxylic acids is 1. The van der Waals surface area contributed by atoms with E-state index in [9.17, 15) is 20.0 Å². The van der Waals surface area contributed by atoms with Gasteiger partial charge in [0.25, 0.3) is 5.91 Å². The maximum atomic E-state index is 12.5. The minimum absolute atomic E-state index is 0.139. The fourth-order valence-corrected chi connectivity index (χ4v) is 2.92. The largest absolute Gasteiger partial charge is 0.494 e. The molecular weight excluding hydrogens is 396 g/mol. The molecule has 0 saturated carbocycles. The van der Waals surface area contributed by atoms with Gasteiger partial charge >= 0.3 is 5.97 Å². The Kier molecular flexibility index (Phi) is 6.53. The van der Waals surface area contributed by atoms with Crippen molar-refractivity contribution in [1.82, 2.24) is 0 Å². The molecule has 0 unspecified atom stereocenters. The van der Waals surface area contributed by atoms with Crippen LogP contribution in [0.3, 0.4) is 0 Å². The van der Waals surface area contributed by atoms with Crippen LogP contribution >= 0.6 is 0 Å². The van der Waals surface area contributed by atoms with Gasteiger partial charge in [0, 0.05) is 23.4 Å². The first-order valence-corrected chi connectivity index (χ1v) is 9.51. The molecule has 0 aliphatic carbocycles. The highest BCUT2D eigenvalue weighted by molar-refractivity contribution is 6.09. The molecule has 0 bridgehead atoms. The van der Waals surface area contributed by atoms with Crippen LogP contribution in [0.2, 0.25) is 0 Å². The predicted molar refractivity (Wildman–Crippen MR) is 116 cm³/mol. The summed E-state index contributed by atoms with van der Waals surface area (Å²) < 4.78 is 11.2. The number of hydrogen-bond donors (Lipinski definition) is 2. The molecule has 1 heterocycles. The molecule has 0 saturated heterocycles. The molecule has 7 nitrogen and oxygen atoms in total. The standard InChI is InChI=1S/C24H20N2O5/c1-3-30-19-6-4-5-18(13-19)26-23(27)17(14-25)11-20-9-10-22(31-20)21-12-16(24(28)29)8-7-15(21)2/h4-13H,3H2,1-2H3,(H,26,27)(H,28,29). The number of carboxylic acid groups (broad SMARTS) is 1.